The van der Waals surface area contributed by atoms with Crippen molar-refractivity contribution in [1.29, 1.82) is 0 Å². The molecule has 0 radical (unpaired) electrons. The summed E-state index contributed by atoms with van der Waals surface area (Å²) >= 11 is 0. The van der Waals surface area contributed by atoms with Crippen LogP contribution in [0.15, 0.2) is 12.3 Å². The van der Waals surface area contributed by atoms with Crippen LogP contribution in [0.25, 0.3) is 0 Å². The van der Waals surface area contributed by atoms with E-state index >= 15 is 0 Å². The molecule has 1 rings (SSSR count). The van der Waals surface area contributed by atoms with Crippen LogP contribution in [0.1, 0.15) is 29.9 Å². The second-order valence-electron chi connectivity index (χ2n) is 4.56. The molecule has 0 saturated carbocycles. The summed E-state index contributed by atoms with van der Waals surface area (Å²) in [6, 6.07) is 0.713. The smallest absolute Gasteiger partial charge is 0.326 e. The molecule has 98 valence electrons. The SMILES string of the molecule is Cc1cnnc(C(=O)N(C)C(C(=O)O)C(C)C)c1. The largest absolute Gasteiger partial charge is 0.480 e. The molecular weight excluding hydrogens is 234 g/mol. The van der Waals surface area contributed by atoms with Gasteiger partial charge >= 0.3 is 5.97 Å². The van der Waals surface area contributed by atoms with Crippen molar-refractivity contribution < 1.29 is 14.7 Å². The lowest BCUT2D eigenvalue weighted by atomic mass is 10.0. The first kappa shape index (κ1) is 14.1. The van der Waals surface area contributed by atoms with Gasteiger partial charge in [0.05, 0.1) is 6.20 Å². The van der Waals surface area contributed by atoms with Crippen molar-refractivity contribution in [3.05, 3.63) is 23.5 Å². The van der Waals surface area contributed by atoms with Crippen LogP contribution in [0.4, 0.5) is 0 Å². The number of carbonyl (C=O) groups is 2. The Morgan fingerprint density at radius 2 is 2.00 bits per heavy atom. The van der Waals surface area contributed by atoms with E-state index in [4.69, 9.17) is 5.11 Å². The van der Waals surface area contributed by atoms with E-state index in [1.165, 1.54) is 18.1 Å². The molecular formula is C12H17N3O3. The van der Waals surface area contributed by atoms with Gasteiger partial charge in [-0.05, 0) is 24.5 Å². The fraction of sp³-hybridized carbons (Fsp3) is 0.500. The predicted molar refractivity (Wildman–Crippen MR) is 65.1 cm³/mol. The summed E-state index contributed by atoms with van der Waals surface area (Å²) < 4.78 is 0. The van der Waals surface area contributed by atoms with Gasteiger partial charge < -0.3 is 10.0 Å². The maximum Gasteiger partial charge on any atom is 0.326 e. The number of aliphatic carboxylic acids is 1. The minimum atomic E-state index is -1.03. The van der Waals surface area contributed by atoms with Crippen LogP contribution in [0.5, 0.6) is 0 Å². The Morgan fingerprint density at radius 1 is 1.39 bits per heavy atom. The number of carboxylic acids is 1. The van der Waals surface area contributed by atoms with Crippen LogP contribution in [0, 0.1) is 12.8 Å². The maximum absolute atomic E-state index is 12.1. The summed E-state index contributed by atoms with van der Waals surface area (Å²) in [5.41, 5.74) is 0.961. The van der Waals surface area contributed by atoms with E-state index < -0.39 is 17.9 Å². The van der Waals surface area contributed by atoms with Crippen LogP contribution >= 0.6 is 0 Å². The highest BCUT2D eigenvalue weighted by atomic mass is 16.4. The van der Waals surface area contributed by atoms with Crippen LogP contribution in [0.2, 0.25) is 0 Å². The van der Waals surface area contributed by atoms with Gasteiger partial charge in [0.25, 0.3) is 5.91 Å². The van der Waals surface area contributed by atoms with Crippen molar-refractivity contribution in [3.63, 3.8) is 0 Å². The molecule has 0 bridgehead atoms. The van der Waals surface area contributed by atoms with E-state index in [0.29, 0.717) is 0 Å². The maximum atomic E-state index is 12.1. The Hall–Kier alpha value is -1.98. The monoisotopic (exact) mass is 251 g/mol. The molecule has 1 aromatic rings. The summed E-state index contributed by atoms with van der Waals surface area (Å²) in [6.45, 7) is 5.30. The van der Waals surface area contributed by atoms with Gasteiger partial charge in [-0.25, -0.2) is 4.79 Å². The van der Waals surface area contributed by atoms with Gasteiger partial charge in [-0.1, -0.05) is 13.8 Å². The van der Waals surface area contributed by atoms with Crippen molar-refractivity contribution >= 4 is 11.9 Å². The number of carboxylic acid groups (broad SMARTS) is 1. The molecule has 0 aliphatic heterocycles. The zero-order valence-electron chi connectivity index (χ0n) is 10.9. The van der Waals surface area contributed by atoms with Crippen LogP contribution < -0.4 is 0 Å². The topological polar surface area (TPSA) is 83.4 Å². The highest BCUT2D eigenvalue weighted by molar-refractivity contribution is 5.94. The van der Waals surface area contributed by atoms with Gasteiger partial charge in [0.1, 0.15) is 6.04 Å². The summed E-state index contributed by atoms with van der Waals surface area (Å²) in [7, 11) is 1.46. The van der Waals surface area contributed by atoms with Crippen molar-refractivity contribution in [2.75, 3.05) is 7.05 Å². The number of hydrogen-bond donors (Lipinski definition) is 1. The Labute approximate surface area is 106 Å². The molecule has 0 spiro atoms. The standard InChI is InChI=1S/C12H17N3O3/c1-7(2)10(12(17)18)15(4)11(16)9-5-8(3)6-13-14-9/h5-7,10H,1-4H3,(H,17,18). The second-order valence-corrected chi connectivity index (χ2v) is 4.56. The zero-order valence-corrected chi connectivity index (χ0v) is 10.9. The zero-order chi connectivity index (χ0) is 13.9. The third kappa shape index (κ3) is 3.03. The Kier molecular flexibility index (Phi) is 4.36. The molecule has 0 fully saturated rings. The van der Waals surface area contributed by atoms with Gasteiger partial charge in [0, 0.05) is 7.05 Å². The van der Waals surface area contributed by atoms with E-state index in [9.17, 15) is 9.59 Å². The molecule has 0 aliphatic carbocycles. The van der Waals surface area contributed by atoms with E-state index in [2.05, 4.69) is 10.2 Å². The fourth-order valence-corrected chi connectivity index (χ4v) is 1.77. The average molecular weight is 251 g/mol. The first-order chi connectivity index (χ1) is 8.34. The summed E-state index contributed by atoms with van der Waals surface area (Å²) in [5, 5.41) is 16.6. The second kappa shape index (κ2) is 5.57. The summed E-state index contributed by atoms with van der Waals surface area (Å²) in [6.07, 6.45) is 1.54. The Balaban J connectivity index is 2.99. The lowest BCUT2D eigenvalue weighted by Crippen LogP contribution is -2.46. The first-order valence-electron chi connectivity index (χ1n) is 5.64. The van der Waals surface area contributed by atoms with Crippen molar-refractivity contribution in [2.24, 2.45) is 5.92 Å². The van der Waals surface area contributed by atoms with Crippen molar-refractivity contribution in [3.8, 4) is 0 Å². The summed E-state index contributed by atoms with van der Waals surface area (Å²) in [4.78, 5) is 24.5. The van der Waals surface area contributed by atoms with Gasteiger partial charge in [-0.15, -0.1) is 5.10 Å². The molecule has 1 N–H and O–H groups in total. The molecule has 1 unspecified atom stereocenters. The van der Waals surface area contributed by atoms with Crippen molar-refractivity contribution in [2.45, 2.75) is 26.8 Å². The molecule has 6 heteroatoms. The number of likely N-dealkylation sites (N-methyl/N-ethyl adjacent to an activating group) is 1. The van der Waals surface area contributed by atoms with E-state index in [1.807, 2.05) is 0 Å². The highest BCUT2D eigenvalue weighted by Crippen LogP contribution is 2.12. The lowest BCUT2D eigenvalue weighted by molar-refractivity contribution is -0.143. The third-order valence-electron chi connectivity index (χ3n) is 2.63. The van der Waals surface area contributed by atoms with Gasteiger partial charge in [0.2, 0.25) is 0 Å². The van der Waals surface area contributed by atoms with E-state index in [-0.39, 0.29) is 11.6 Å². The molecule has 1 atom stereocenters. The molecule has 1 aromatic heterocycles. The van der Waals surface area contributed by atoms with Crippen molar-refractivity contribution in [1.82, 2.24) is 15.1 Å². The number of aromatic nitrogens is 2. The molecule has 18 heavy (non-hydrogen) atoms. The molecule has 1 heterocycles. The molecule has 6 nitrogen and oxygen atoms in total. The van der Waals surface area contributed by atoms with E-state index in [1.54, 1.807) is 26.8 Å². The number of hydrogen-bond acceptors (Lipinski definition) is 4. The number of rotatable bonds is 4. The van der Waals surface area contributed by atoms with E-state index in [0.717, 1.165) is 5.56 Å². The lowest BCUT2D eigenvalue weighted by Gasteiger charge is -2.27. The highest BCUT2D eigenvalue weighted by Gasteiger charge is 2.30. The minimum Gasteiger partial charge on any atom is -0.480 e. The van der Waals surface area contributed by atoms with Crippen LogP contribution in [-0.4, -0.2) is 45.2 Å². The minimum absolute atomic E-state index is 0.157. The van der Waals surface area contributed by atoms with Gasteiger partial charge in [-0.2, -0.15) is 5.10 Å². The quantitative estimate of drug-likeness (QED) is 0.862. The average Bonchev–Trinajstić information content (AvgIpc) is 2.26. The molecule has 0 aliphatic rings. The molecule has 0 saturated heterocycles. The molecule has 0 aromatic carbocycles. The third-order valence-corrected chi connectivity index (χ3v) is 2.63. The van der Waals surface area contributed by atoms with Crippen LogP contribution in [-0.2, 0) is 4.79 Å². The van der Waals surface area contributed by atoms with Gasteiger partial charge in [-0.3, -0.25) is 4.79 Å². The molecule has 1 amide bonds. The van der Waals surface area contributed by atoms with Gasteiger partial charge in [0.15, 0.2) is 5.69 Å². The fourth-order valence-electron chi connectivity index (χ4n) is 1.77. The first-order valence-corrected chi connectivity index (χ1v) is 5.64. The number of nitrogens with zero attached hydrogens (tertiary/aromatic N) is 3. The Morgan fingerprint density at radius 3 is 2.44 bits per heavy atom. The Bertz CT molecular complexity index is 460. The van der Waals surface area contributed by atoms with Crippen LogP contribution in [0.3, 0.4) is 0 Å². The summed E-state index contributed by atoms with van der Waals surface area (Å²) in [5.74, 6) is -1.65. The number of amides is 1. The predicted octanol–water partition coefficient (Wildman–Crippen LogP) is 0.966. The normalized spacial score (nSPS) is 12.3. The number of carbonyl (C=O) groups excluding carboxylic acids is 1. The number of aryl methyl sites for hydroxylation is 1.